The molecule has 3 N–H and O–H groups in total. The third-order valence-electron chi connectivity index (χ3n) is 3.16. The quantitative estimate of drug-likeness (QED) is 0.637. The number of nitrogens with one attached hydrogen (secondary N) is 1. The van der Waals surface area contributed by atoms with E-state index in [0.29, 0.717) is 11.3 Å². The number of nitrogens with two attached hydrogens (primary N) is 1. The van der Waals surface area contributed by atoms with E-state index in [1.807, 2.05) is 0 Å². The van der Waals surface area contributed by atoms with Crippen molar-refractivity contribution < 1.29 is 4.79 Å². The largest absolute Gasteiger partial charge is 0.358 e. The summed E-state index contributed by atoms with van der Waals surface area (Å²) < 4.78 is 0. The van der Waals surface area contributed by atoms with Gasteiger partial charge < -0.3 is 11.1 Å². The molecule has 3 heteroatoms. The second-order valence-corrected chi connectivity index (χ2v) is 4.50. The Hall–Kier alpha value is -0.570. The Morgan fingerprint density at radius 1 is 1.69 bits per heavy atom. The van der Waals surface area contributed by atoms with Gasteiger partial charge in [0, 0.05) is 6.54 Å². The molecular weight excluding hydrogens is 164 g/mol. The van der Waals surface area contributed by atoms with Crippen LogP contribution in [0.25, 0.3) is 0 Å². The Morgan fingerprint density at radius 2 is 2.46 bits per heavy atom. The highest BCUT2D eigenvalue weighted by Crippen LogP contribution is 2.37. The number of hydrogen-bond acceptors (Lipinski definition) is 2. The van der Waals surface area contributed by atoms with Crippen molar-refractivity contribution in [3.05, 3.63) is 0 Å². The maximum Gasteiger partial charge on any atom is 0.207 e. The molecule has 0 radical (unpaired) electrons. The highest BCUT2D eigenvalue weighted by atomic mass is 16.1. The SMILES string of the molecule is C[C@]1(CN)CCC[C@@H](CNC=O)C1. The average molecular weight is 184 g/mol. The molecule has 1 amide bonds. The molecular formula is C10H20N2O. The van der Waals surface area contributed by atoms with Crippen molar-refractivity contribution in [2.45, 2.75) is 32.6 Å². The third-order valence-corrected chi connectivity index (χ3v) is 3.16. The standard InChI is InChI=1S/C10H20N2O/c1-10(7-11)4-2-3-9(5-10)6-12-8-13/h8-9H,2-7,11H2,1H3,(H,12,13)/t9-,10+/m1/s1. The van der Waals surface area contributed by atoms with Gasteiger partial charge in [-0.2, -0.15) is 0 Å². The van der Waals surface area contributed by atoms with Crippen LogP contribution in [0.2, 0.25) is 0 Å². The zero-order chi connectivity index (χ0) is 9.73. The molecule has 0 aromatic carbocycles. The Bertz CT molecular complexity index is 172. The third kappa shape index (κ3) is 2.99. The van der Waals surface area contributed by atoms with E-state index in [1.165, 1.54) is 19.3 Å². The smallest absolute Gasteiger partial charge is 0.207 e. The normalized spacial score (nSPS) is 34.2. The first-order chi connectivity index (χ1) is 6.20. The van der Waals surface area contributed by atoms with Crippen molar-refractivity contribution in [2.24, 2.45) is 17.1 Å². The van der Waals surface area contributed by atoms with Crippen LogP contribution in [-0.2, 0) is 4.79 Å². The first kappa shape index (κ1) is 10.5. The molecule has 1 saturated carbocycles. The zero-order valence-corrected chi connectivity index (χ0v) is 8.38. The van der Waals surface area contributed by atoms with Crippen LogP contribution < -0.4 is 11.1 Å². The van der Waals surface area contributed by atoms with Crippen molar-refractivity contribution in [3.8, 4) is 0 Å². The highest BCUT2D eigenvalue weighted by Gasteiger charge is 2.30. The topological polar surface area (TPSA) is 55.1 Å². The molecule has 0 heterocycles. The molecule has 1 aliphatic rings. The van der Waals surface area contributed by atoms with Crippen LogP contribution >= 0.6 is 0 Å². The molecule has 13 heavy (non-hydrogen) atoms. The van der Waals surface area contributed by atoms with Gasteiger partial charge in [0.05, 0.1) is 0 Å². The van der Waals surface area contributed by atoms with E-state index < -0.39 is 0 Å². The van der Waals surface area contributed by atoms with Crippen LogP contribution in [-0.4, -0.2) is 19.5 Å². The van der Waals surface area contributed by atoms with E-state index >= 15 is 0 Å². The fraction of sp³-hybridized carbons (Fsp3) is 0.900. The van der Waals surface area contributed by atoms with Crippen molar-refractivity contribution in [1.82, 2.24) is 5.32 Å². The highest BCUT2D eigenvalue weighted by molar-refractivity contribution is 5.45. The Labute approximate surface area is 80.1 Å². The molecule has 1 aliphatic carbocycles. The van der Waals surface area contributed by atoms with Gasteiger partial charge >= 0.3 is 0 Å². The molecule has 3 nitrogen and oxygen atoms in total. The summed E-state index contributed by atoms with van der Waals surface area (Å²) in [6, 6.07) is 0. The summed E-state index contributed by atoms with van der Waals surface area (Å²) in [6.07, 6.45) is 5.66. The molecule has 0 saturated heterocycles. The number of hydrogen-bond donors (Lipinski definition) is 2. The molecule has 2 atom stereocenters. The predicted octanol–water partition coefficient (Wildman–Crippen LogP) is 0.888. The minimum Gasteiger partial charge on any atom is -0.358 e. The number of carbonyl (C=O) groups excluding carboxylic acids is 1. The van der Waals surface area contributed by atoms with Crippen LogP contribution in [0.1, 0.15) is 32.6 Å². The van der Waals surface area contributed by atoms with Gasteiger partial charge in [-0.1, -0.05) is 13.3 Å². The molecule has 1 fully saturated rings. The number of carbonyl (C=O) groups is 1. The Kier molecular flexibility index (Phi) is 3.72. The van der Waals surface area contributed by atoms with Gasteiger partial charge in [-0.3, -0.25) is 4.79 Å². The zero-order valence-electron chi connectivity index (χ0n) is 8.38. The number of amides is 1. The predicted molar refractivity (Wildman–Crippen MR) is 53.2 cm³/mol. The second kappa shape index (κ2) is 4.61. The van der Waals surface area contributed by atoms with Crippen molar-refractivity contribution in [3.63, 3.8) is 0 Å². The lowest BCUT2D eigenvalue weighted by Gasteiger charge is -2.37. The fourth-order valence-corrected chi connectivity index (χ4v) is 2.29. The van der Waals surface area contributed by atoms with Crippen LogP contribution in [0.15, 0.2) is 0 Å². The Morgan fingerprint density at radius 3 is 3.08 bits per heavy atom. The second-order valence-electron chi connectivity index (χ2n) is 4.50. The van der Waals surface area contributed by atoms with E-state index in [-0.39, 0.29) is 0 Å². The van der Waals surface area contributed by atoms with Gasteiger partial charge in [0.1, 0.15) is 0 Å². The summed E-state index contributed by atoms with van der Waals surface area (Å²) in [5.41, 5.74) is 6.05. The molecule has 0 spiro atoms. The van der Waals surface area contributed by atoms with E-state index in [9.17, 15) is 4.79 Å². The Balaban J connectivity index is 2.37. The summed E-state index contributed by atoms with van der Waals surface area (Å²) >= 11 is 0. The van der Waals surface area contributed by atoms with Gasteiger partial charge in [0.25, 0.3) is 0 Å². The lowest BCUT2D eigenvalue weighted by Crippen LogP contribution is -2.36. The molecule has 1 rings (SSSR count). The van der Waals surface area contributed by atoms with Crippen molar-refractivity contribution in [2.75, 3.05) is 13.1 Å². The maximum absolute atomic E-state index is 10.1. The first-order valence-electron chi connectivity index (χ1n) is 5.07. The fourth-order valence-electron chi connectivity index (χ4n) is 2.29. The van der Waals surface area contributed by atoms with Gasteiger partial charge in [-0.25, -0.2) is 0 Å². The van der Waals surface area contributed by atoms with Crippen molar-refractivity contribution in [1.29, 1.82) is 0 Å². The summed E-state index contributed by atoms with van der Waals surface area (Å²) in [5.74, 6) is 0.632. The monoisotopic (exact) mass is 184 g/mol. The maximum atomic E-state index is 10.1. The van der Waals surface area contributed by atoms with Gasteiger partial charge in [-0.15, -0.1) is 0 Å². The van der Waals surface area contributed by atoms with Crippen molar-refractivity contribution >= 4 is 6.41 Å². The molecule has 0 aromatic rings. The average Bonchev–Trinajstić information content (AvgIpc) is 2.15. The lowest BCUT2D eigenvalue weighted by molar-refractivity contribution is -0.109. The first-order valence-corrected chi connectivity index (χ1v) is 5.07. The lowest BCUT2D eigenvalue weighted by atomic mass is 9.71. The summed E-state index contributed by atoms with van der Waals surface area (Å²) in [5, 5.41) is 2.76. The minimum atomic E-state index is 0.313. The van der Waals surface area contributed by atoms with Crippen LogP contribution in [0.3, 0.4) is 0 Å². The van der Waals surface area contributed by atoms with E-state index in [4.69, 9.17) is 5.73 Å². The van der Waals surface area contributed by atoms with Crippen LogP contribution in [0.4, 0.5) is 0 Å². The van der Waals surface area contributed by atoms with E-state index in [2.05, 4.69) is 12.2 Å². The molecule has 0 aromatic heterocycles. The summed E-state index contributed by atoms with van der Waals surface area (Å²) in [6.45, 7) is 3.84. The molecule has 0 aliphatic heterocycles. The van der Waals surface area contributed by atoms with Gasteiger partial charge in [-0.05, 0) is 37.1 Å². The molecule has 0 unspecified atom stereocenters. The van der Waals surface area contributed by atoms with Crippen LogP contribution in [0, 0.1) is 11.3 Å². The minimum absolute atomic E-state index is 0.313. The molecule has 76 valence electrons. The summed E-state index contributed by atoms with van der Waals surface area (Å²) in [7, 11) is 0. The van der Waals surface area contributed by atoms with Crippen LogP contribution in [0.5, 0.6) is 0 Å². The van der Waals surface area contributed by atoms with Gasteiger partial charge in [0.15, 0.2) is 0 Å². The molecule has 0 bridgehead atoms. The van der Waals surface area contributed by atoms with E-state index in [0.717, 1.165) is 25.9 Å². The number of rotatable bonds is 4. The summed E-state index contributed by atoms with van der Waals surface area (Å²) in [4.78, 5) is 10.1. The van der Waals surface area contributed by atoms with E-state index in [1.54, 1.807) is 0 Å². The van der Waals surface area contributed by atoms with Gasteiger partial charge in [0.2, 0.25) is 6.41 Å².